The Kier molecular flexibility index (Phi) is 9.63. The molecule has 1 amide bonds. The number of amides is 1. The number of carbonyl (C=O) groups excluding carboxylic acids is 2. The fraction of sp³-hybridized carbons (Fsp3) is 0.400. The van der Waals surface area contributed by atoms with E-state index >= 15 is 0 Å². The number of hydrogen-bond donors (Lipinski definition) is 1. The van der Waals surface area contributed by atoms with Crippen molar-refractivity contribution in [2.24, 2.45) is 17.6 Å². The van der Waals surface area contributed by atoms with E-state index in [0.29, 0.717) is 63.3 Å². The normalized spacial score (nSPS) is 22.3. The van der Waals surface area contributed by atoms with Crippen molar-refractivity contribution in [2.75, 3.05) is 20.8 Å². The second kappa shape index (κ2) is 13.8. The highest BCUT2D eigenvalue weighted by molar-refractivity contribution is 8.26. The first-order chi connectivity index (χ1) is 21.8. The summed E-state index contributed by atoms with van der Waals surface area (Å²) in [4.78, 5) is 28.7. The maximum absolute atomic E-state index is 13.7. The SMILES string of the molecule is COc1cc(OC)cc(-c2cc(CCCOC(=O)[C@@H](N)Cc3ccccc3)c(/C=C3\SC(=S)N(C4CC5CCC4C5)C3=O)o2)c1. The van der Waals surface area contributed by atoms with Gasteiger partial charge >= 0.3 is 5.97 Å². The second-order valence-electron chi connectivity index (χ2n) is 12.0. The maximum atomic E-state index is 13.7. The first-order valence-electron chi connectivity index (χ1n) is 15.4. The van der Waals surface area contributed by atoms with Crippen molar-refractivity contribution >= 4 is 46.3 Å². The number of ether oxygens (including phenoxy) is 3. The van der Waals surface area contributed by atoms with Crippen LogP contribution in [0.4, 0.5) is 0 Å². The van der Waals surface area contributed by atoms with Gasteiger partial charge in [-0.25, -0.2) is 0 Å². The number of esters is 1. The Morgan fingerprint density at radius 2 is 1.87 bits per heavy atom. The summed E-state index contributed by atoms with van der Waals surface area (Å²) in [5.74, 6) is 3.22. The first-order valence-corrected chi connectivity index (χ1v) is 16.6. The van der Waals surface area contributed by atoms with Crippen LogP contribution in [0.1, 0.15) is 49.0 Å². The summed E-state index contributed by atoms with van der Waals surface area (Å²) in [7, 11) is 3.20. The van der Waals surface area contributed by atoms with E-state index in [-0.39, 0.29) is 18.6 Å². The summed E-state index contributed by atoms with van der Waals surface area (Å²) in [5, 5.41) is 0. The van der Waals surface area contributed by atoms with Crippen LogP contribution in [0, 0.1) is 11.8 Å². The Morgan fingerprint density at radius 1 is 1.11 bits per heavy atom. The topological polar surface area (TPSA) is 104 Å². The number of aryl methyl sites for hydroxylation is 1. The average Bonchev–Trinajstić information content (AvgIpc) is 3.84. The van der Waals surface area contributed by atoms with Gasteiger partial charge in [0.15, 0.2) is 0 Å². The molecule has 6 rings (SSSR count). The molecular formula is C35H38N2O6S2. The summed E-state index contributed by atoms with van der Waals surface area (Å²) < 4.78 is 23.5. The van der Waals surface area contributed by atoms with Crippen molar-refractivity contribution in [1.82, 2.24) is 4.90 Å². The Hall–Kier alpha value is -3.60. The van der Waals surface area contributed by atoms with E-state index in [1.807, 2.05) is 59.5 Å². The summed E-state index contributed by atoms with van der Waals surface area (Å²) in [6.45, 7) is 0.209. The molecule has 10 heteroatoms. The van der Waals surface area contributed by atoms with Crippen LogP contribution in [0.2, 0.25) is 0 Å². The molecule has 2 aromatic carbocycles. The van der Waals surface area contributed by atoms with Crippen molar-refractivity contribution in [3.63, 3.8) is 0 Å². The highest BCUT2D eigenvalue weighted by Crippen LogP contribution is 2.49. The third-order valence-electron chi connectivity index (χ3n) is 9.03. The maximum Gasteiger partial charge on any atom is 0.323 e. The van der Waals surface area contributed by atoms with Gasteiger partial charge in [0, 0.05) is 23.7 Å². The minimum Gasteiger partial charge on any atom is -0.497 e. The van der Waals surface area contributed by atoms with Gasteiger partial charge in [0.1, 0.15) is 33.4 Å². The Morgan fingerprint density at radius 3 is 2.53 bits per heavy atom. The fourth-order valence-corrected chi connectivity index (χ4v) is 8.10. The molecule has 0 radical (unpaired) electrons. The van der Waals surface area contributed by atoms with E-state index < -0.39 is 12.0 Å². The molecule has 8 nitrogen and oxygen atoms in total. The molecule has 236 valence electrons. The van der Waals surface area contributed by atoms with E-state index in [1.54, 1.807) is 20.3 Å². The van der Waals surface area contributed by atoms with Gasteiger partial charge in [-0.3, -0.25) is 14.5 Å². The number of thioether (sulfide) groups is 1. The van der Waals surface area contributed by atoms with Crippen molar-refractivity contribution in [2.45, 2.75) is 57.0 Å². The van der Waals surface area contributed by atoms with Crippen LogP contribution in [-0.2, 0) is 27.2 Å². The number of thiocarbonyl (C=S) groups is 1. The molecule has 3 unspecified atom stereocenters. The second-order valence-corrected chi connectivity index (χ2v) is 13.6. The van der Waals surface area contributed by atoms with Gasteiger partial charge in [-0.2, -0.15) is 0 Å². The zero-order valence-corrected chi connectivity index (χ0v) is 27.2. The van der Waals surface area contributed by atoms with Crippen molar-refractivity contribution in [3.8, 4) is 22.8 Å². The average molecular weight is 647 g/mol. The molecule has 4 atom stereocenters. The van der Waals surface area contributed by atoms with Gasteiger partial charge in [-0.1, -0.05) is 60.7 Å². The highest BCUT2D eigenvalue weighted by Gasteiger charge is 2.48. The molecule has 2 bridgehead atoms. The Labute approximate surface area is 273 Å². The highest BCUT2D eigenvalue weighted by atomic mass is 32.2. The molecule has 45 heavy (non-hydrogen) atoms. The lowest BCUT2D eigenvalue weighted by Gasteiger charge is -2.30. The van der Waals surface area contributed by atoms with Gasteiger partial charge in [0.25, 0.3) is 5.91 Å². The minimum absolute atomic E-state index is 0.0455. The number of rotatable bonds is 12. The van der Waals surface area contributed by atoms with Crippen LogP contribution in [0.5, 0.6) is 11.5 Å². The van der Waals surface area contributed by atoms with Crippen LogP contribution in [0.15, 0.2) is 63.9 Å². The van der Waals surface area contributed by atoms with Crippen molar-refractivity contribution in [1.29, 1.82) is 0 Å². The molecular weight excluding hydrogens is 609 g/mol. The third kappa shape index (κ3) is 6.98. The molecule has 2 saturated carbocycles. The van der Waals surface area contributed by atoms with Crippen LogP contribution >= 0.6 is 24.0 Å². The van der Waals surface area contributed by atoms with Crippen LogP contribution < -0.4 is 15.2 Å². The van der Waals surface area contributed by atoms with E-state index in [9.17, 15) is 9.59 Å². The van der Waals surface area contributed by atoms with Crippen molar-refractivity contribution < 1.29 is 28.2 Å². The third-order valence-corrected chi connectivity index (χ3v) is 10.4. The molecule has 2 N–H and O–H groups in total. The smallest absolute Gasteiger partial charge is 0.323 e. The number of methoxy groups -OCH3 is 2. The zero-order valence-electron chi connectivity index (χ0n) is 25.5. The molecule has 1 aliphatic heterocycles. The minimum atomic E-state index is -0.733. The Balaban J connectivity index is 1.19. The predicted octanol–water partition coefficient (Wildman–Crippen LogP) is 6.40. The lowest BCUT2D eigenvalue weighted by molar-refractivity contribution is -0.145. The lowest BCUT2D eigenvalue weighted by atomic mass is 9.94. The summed E-state index contributed by atoms with van der Waals surface area (Å²) in [5.41, 5.74) is 8.76. The van der Waals surface area contributed by atoms with Gasteiger partial charge in [0.05, 0.1) is 25.7 Å². The molecule has 3 fully saturated rings. The molecule has 3 aromatic rings. The molecule has 3 aliphatic rings. The molecule has 2 heterocycles. The molecule has 1 saturated heterocycles. The zero-order chi connectivity index (χ0) is 31.5. The number of fused-ring (bicyclic) bond motifs is 2. The predicted molar refractivity (Wildman–Crippen MR) is 179 cm³/mol. The van der Waals surface area contributed by atoms with Crippen LogP contribution in [0.25, 0.3) is 17.4 Å². The number of nitrogens with two attached hydrogens (primary N) is 1. The molecule has 0 spiro atoms. The molecule has 2 aliphatic carbocycles. The number of carbonyl (C=O) groups is 2. The van der Waals surface area contributed by atoms with E-state index in [2.05, 4.69) is 0 Å². The number of nitrogens with zero attached hydrogens (tertiary/aromatic N) is 1. The molecule has 1 aromatic heterocycles. The quantitative estimate of drug-likeness (QED) is 0.104. The summed E-state index contributed by atoms with van der Waals surface area (Å²) in [6, 6.07) is 16.6. The van der Waals surface area contributed by atoms with Crippen molar-refractivity contribution in [3.05, 3.63) is 76.4 Å². The first kappa shape index (κ1) is 31.4. The van der Waals surface area contributed by atoms with Crippen LogP contribution in [-0.4, -0.2) is 54.0 Å². The summed E-state index contributed by atoms with van der Waals surface area (Å²) in [6.07, 6.45) is 7.99. The standard InChI is InChI=1S/C35H38N2O6S2/c1-40-26-16-25(17-27(19-26)41-2)30-18-24(9-6-12-42-34(39)28(36)14-21-7-4-3-5-8-21)31(43-30)20-32-33(38)37(35(44)45-32)29-15-22-10-11-23(29)13-22/h3-5,7-8,16-20,22-23,28-29H,6,9-15,36H2,1-2H3/b32-20-/t22?,23?,28-,29?/m0/s1. The van der Waals surface area contributed by atoms with E-state index in [0.717, 1.165) is 23.1 Å². The van der Waals surface area contributed by atoms with Gasteiger partial charge in [-0.15, -0.1) is 0 Å². The number of furan rings is 1. The van der Waals surface area contributed by atoms with E-state index in [1.165, 1.54) is 31.0 Å². The largest absolute Gasteiger partial charge is 0.497 e. The van der Waals surface area contributed by atoms with Gasteiger partial charge in [0.2, 0.25) is 0 Å². The number of benzene rings is 2. The lowest BCUT2D eigenvalue weighted by Crippen LogP contribution is -2.41. The van der Waals surface area contributed by atoms with Crippen LogP contribution in [0.3, 0.4) is 0 Å². The number of hydrogen-bond acceptors (Lipinski definition) is 9. The van der Waals surface area contributed by atoms with Gasteiger partial charge < -0.3 is 24.4 Å². The fourth-order valence-electron chi connectivity index (χ4n) is 6.76. The van der Waals surface area contributed by atoms with Gasteiger partial charge in [-0.05, 0) is 79.7 Å². The Bertz CT molecular complexity index is 1580. The van der Waals surface area contributed by atoms with E-state index in [4.69, 9.17) is 36.6 Å². The monoisotopic (exact) mass is 646 g/mol. The summed E-state index contributed by atoms with van der Waals surface area (Å²) >= 11 is 7.05.